The molecule has 0 aliphatic carbocycles. The van der Waals surface area contributed by atoms with Crippen molar-refractivity contribution in [1.82, 2.24) is 5.32 Å². The third kappa shape index (κ3) is 5.01. The Hall–Kier alpha value is -1.88. The van der Waals surface area contributed by atoms with Gasteiger partial charge in [0.1, 0.15) is 11.8 Å². The highest BCUT2D eigenvalue weighted by Gasteiger charge is 2.13. The average molecular weight is 279 g/mol. The minimum absolute atomic E-state index is 0.0243. The molecule has 20 heavy (non-hydrogen) atoms. The van der Waals surface area contributed by atoms with Crippen molar-refractivity contribution in [3.8, 4) is 5.75 Å². The topological polar surface area (TPSA) is 64.6 Å². The molecule has 0 aromatic heterocycles. The molecule has 110 valence electrons. The van der Waals surface area contributed by atoms with Crippen LogP contribution in [-0.4, -0.2) is 38.1 Å². The molecule has 0 saturated heterocycles. The highest BCUT2D eigenvalue weighted by molar-refractivity contribution is 5.96. The monoisotopic (exact) mass is 279 g/mol. The summed E-state index contributed by atoms with van der Waals surface area (Å²) < 4.78 is 9.91. The molecule has 0 aliphatic heterocycles. The number of Topliss-reactive ketones (excluding diaryl/α,β-unsaturated/α-hetero) is 1. The number of hydrogen-bond acceptors (Lipinski definition) is 5. The molecule has 1 N–H and O–H groups in total. The molecule has 0 bridgehead atoms. The Labute approximate surface area is 119 Å². The zero-order chi connectivity index (χ0) is 15.0. The van der Waals surface area contributed by atoms with Crippen molar-refractivity contribution in [1.29, 1.82) is 0 Å². The summed E-state index contributed by atoms with van der Waals surface area (Å²) in [7, 11) is 1.58. The van der Waals surface area contributed by atoms with Crippen molar-refractivity contribution in [3.63, 3.8) is 0 Å². The van der Waals surface area contributed by atoms with Gasteiger partial charge in [-0.3, -0.25) is 9.59 Å². The predicted octanol–water partition coefficient (Wildman–Crippen LogP) is 1.81. The lowest BCUT2D eigenvalue weighted by Crippen LogP contribution is -2.36. The van der Waals surface area contributed by atoms with E-state index in [1.54, 1.807) is 45.2 Å². The Morgan fingerprint density at radius 3 is 2.45 bits per heavy atom. The van der Waals surface area contributed by atoms with Crippen LogP contribution in [0.4, 0.5) is 0 Å². The lowest BCUT2D eigenvalue weighted by molar-refractivity contribution is -0.145. The number of carbonyl (C=O) groups excluding carboxylic acids is 2. The van der Waals surface area contributed by atoms with E-state index >= 15 is 0 Å². The van der Waals surface area contributed by atoms with Gasteiger partial charge in [0.15, 0.2) is 5.78 Å². The fourth-order valence-corrected chi connectivity index (χ4v) is 1.67. The van der Waals surface area contributed by atoms with Crippen LogP contribution in [0.3, 0.4) is 0 Å². The van der Waals surface area contributed by atoms with E-state index < -0.39 is 6.04 Å². The molecule has 1 unspecified atom stereocenters. The van der Waals surface area contributed by atoms with Crippen LogP contribution in [0.5, 0.6) is 5.75 Å². The number of rotatable bonds is 8. The van der Waals surface area contributed by atoms with Crippen molar-refractivity contribution in [3.05, 3.63) is 29.8 Å². The molecule has 0 heterocycles. The van der Waals surface area contributed by atoms with Crippen LogP contribution in [0.1, 0.15) is 30.6 Å². The summed E-state index contributed by atoms with van der Waals surface area (Å²) in [5.41, 5.74) is 0.636. The number of hydrogen-bond donors (Lipinski definition) is 1. The first-order chi connectivity index (χ1) is 9.58. The van der Waals surface area contributed by atoms with Gasteiger partial charge in [0.2, 0.25) is 0 Å². The summed E-state index contributed by atoms with van der Waals surface area (Å²) in [5, 5.41) is 2.97. The Bertz CT molecular complexity index is 442. The Morgan fingerprint density at radius 2 is 1.90 bits per heavy atom. The number of ether oxygens (including phenoxy) is 2. The van der Waals surface area contributed by atoms with Crippen molar-refractivity contribution in [2.24, 2.45) is 0 Å². The van der Waals surface area contributed by atoms with Crippen molar-refractivity contribution >= 4 is 11.8 Å². The maximum absolute atomic E-state index is 11.9. The van der Waals surface area contributed by atoms with E-state index in [0.717, 1.165) is 5.75 Å². The van der Waals surface area contributed by atoms with E-state index in [4.69, 9.17) is 9.47 Å². The van der Waals surface area contributed by atoms with Crippen molar-refractivity contribution in [2.45, 2.75) is 26.3 Å². The zero-order valence-corrected chi connectivity index (χ0v) is 12.1. The Balaban J connectivity index is 2.37. The Morgan fingerprint density at radius 1 is 1.25 bits per heavy atom. The fraction of sp³-hybridized carbons (Fsp3) is 0.467. The van der Waals surface area contributed by atoms with Gasteiger partial charge in [-0.1, -0.05) is 0 Å². The third-order valence-corrected chi connectivity index (χ3v) is 2.85. The van der Waals surface area contributed by atoms with Crippen LogP contribution in [0.15, 0.2) is 24.3 Å². The van der Waals surface area contributed by atoms with Gasteiger partial charge in [0.25, 0.3) is 0 Å². The van der Waals surface area contributed by atoms with Crippen LogP contribution in [-0.2, 0) is 9.53 Å². The van der Waals surface area contributed by atoms with Gasteiger partial charge in [-0.05, 0) is 38.1 Å². The van der Waals surface area contributed by atoms with Gasteiger partial charge < -0.3 is 14.8 Å². The first kappa shape index (κ1) is 16.2. The molecule has 0 radical (unpaired) electrons. The maximum Gasteiger partial charge on any atom is 0.322 e. The molecule has 1 rings (SSSR count). The second-order valence-corrected chi connectivity index (χ2v) is 4.33. The molecule has 5 nitrogen and oxygen atoms in total. The molecule has 0 saturated carbocycles. The number of methoxy groups -OCH3 is 1. The van der Waals surface area contributed by atoms with E-state index in [1.807, 2.05) is 0 Å². The van der Waals surface area contributed by atoms with E-state index in [-0.39, 0.29) is 11.8 Å². The quantitative estimate of drug-likeness (QED) is 0.581. The highest BCUT2D eigenvalue weighted by Crippen LogP contribution is 2.12. The number of ketones is 1. The van der Waals surface area contributed by atoms with Gasteiger partial charge in [-0.15, -0.1) is 0 Å². The molecular weight excluding hydrogens is 258 g/mol. The molecule has 5 heteroatoms. The first-order valence-electron chi connectivity index (χ1n) is 6.65. The van der Waals surface area contributed by atoms with Gasteiger partial charge in [0.05, 0.1) is 13.7 Å². The molecule has 0 fully saturated rings. The lowest BCUT2D eigenvalue weighted by atomic mass is 10.1. The summed E-state index contributed by atoms with van der Waals surface area (Å²) in [5.74, 6) is 0.441. The third-order valence-electron chi connectivity index (χ3n) is 2.85. The molecule has 1 atom stereocenters. The van der Waals surface area contributed by atoms with Crippen LogP contribution in [0.2, 0.25) is 0 Å². The summed E-state index contributed by atoms with van der Waals surface area (Å²) in [6.45, 7) is 4.27. The predicted molar refractivity (Wildman–Crippen MR) is 76.0 cm³/mol. The fourth-order valence-electron chi connectivity index (χ4n) is 1.67. The van der Waals surface area contributed by atoms with Crippen molar-refractivity contribution in [2.75, 3.05) is 20.3 Å². The molecular formula is C15H21NO4. The number of nitrogens with one attached hydrogen (secondary N) is 1. The smallest absolute Gasteiger partial charge is 0.322 e. The van der Waals surface area contributed by atoms with Crippen LogP contribution < -0.4 is 10.1 Å². The van der Waals surface area contributed by atoms with E-state index in [9.17, 15) is 9.59 Å². The largest absolute Gasteiger partial charge is 0.497 e. The van der Waals surface area contributed by atoms with Crippen molar-refractivity contribution < 1.29 is 19.1 Å². The van der Waals surface area contributed by atoms with Crippen LogP contribution in [0, 0.1) is 0 Å². The zero-order valence-electron chi connectivity index (χ0n) is 12.1. The number of esters is 1. The minimum atomic E-state index is -0.404. The molecule has 0 amide bonds. The highest BCUT2D eigenvalue weighted by atomic mass is 16.5. The SMILES string of the molecule is CCOC(=O)C(C)NCCC(=O)c1ccc(OC)cc1. The summed E-state index contributed by atoms with van der Waals surface area (Å²) in [6.07, 6.45) is 0.329. The number of benzene rings is 1. The normalized spacial score (nSPS) is 11.8. The van der Waals surface area contributed by atoms with Gasteiger partial charge in [-0.2, -0.15) is 0 Å². The molecule has 0 aliphatic rings. The average Bonchev–Trinajstić information content (AvgIpc) is 2.47. The van der Waals surface area contributed by atoms with E-state index in [0.29, 0.717) is 25.1 Å². The summed E-state index contributed by atoms with van der Waals surface area (Å²) in [4.78, 5) is 23.3. The first-order valence-corrected chi connectivity index (χ1v) is 6.65. The van der Waals surface area contributed by atoms with E-state index in [2.05, 4.69) is 5.32 Å². The lowest BCUT2D eigenvalue weighted by Gasteiger charge is -2.12. The van der Waals surface area contributed by atoms with Crippen LogP contribution >= 0.6 is 0 Å². The second kappa shape index (κ2) is 8.32. The van der Waals surface area contributed by atoms with Crippen LogP contribution in [0.25, 0.3) is 0 Å². The summed E-state index contributed by atoms with van der Waals surface area (Å²) in [6, 6.07) is 6.56. The number of carbonyl (C=O) groups is 2. The maximum atomic E-state index is 11.9. The van der Waals surface area contributed by atoms with Gasteiger partial charge >= 0.3 is 5.97 Å². The van der Waals surface area contributed by atoms with Gasteiger partial charge in [-0.25, -0.2) is 0 Å². The van der Waals surface area contributed by atoms with Gasteiger partial charge in [0, 0.05) is 18.5 Å². The standard InChI is InChI=1S/C15H21NO4/c1-4-20-15(18)11(2)16-10-9-14(17)12-5-7-13(19-3)8-6-12/h5-8,11,16H,4,9-10H2,1-3H3. The van der Waals surface area contributed by atoms with E-state index in [1.165, 1.54) is 0 Å². The molecule has 0 spiro atoms. The molecule has 1 aromatic rings. The Kier molecular flexibility index (Phi) is 6.73. The molecule has 1 aromatic carbocycles. The summed E-state index contributed by atoms with van der Waals surface area (Å²) >= 11 is 0. The second-order valence-electron chi connectivity index (χ2n) is 4.33. The minimum Gasteiger partial charge on any atom is -0.497 e.